The number of rotatable bonds is 46. The Morgan fingerprint density at radius 3 is 0.569 bits per heavy atom. The summed E-state index contributed by atoms with van der Waals surface area (Å²) in [6.45, 7) is 22.6. The second-order valence-electron chi connectivity index (χ2n) is 39.1. The van der Waals surface area contributed by atoms with Crippen molar-refractivity contribution in [1.82, 2.24) is 18.3 Å². The van der Waals surface area contributed by atoms with Gasteiger partial charge in [0.2, 0.25) is 0 Å². The van der Waals surface area contributed by atoms with E-state index in [1.165, 1.54) is 0 Å². The van der Waals surface area contributed by atoms with Crippen LogP contribution in [0.15, 0.2) is 135 Å². The predicted octanol–water partition coefficient (Wildman–Crippen LogP) is 30.0. The highest BCUT2D eigenvalue weighted by Crippen LogP contribution is 2.59. The van der Waals surface area contributed by atoms with Crippen LogP contribution in [0.4, 0.5) is 0 Å². The number of ether oxygens (including phenoxy) is 2. The lowest BCUT2D eigenvalue weighted by Crippen LogP contribution is -2.37. The number of nitrogens with zero attached hydrogens (tertiary/aromatic N) is 4. The van der Waals surface area contributed by atoms with Gasteiger partial charge in [-0.3, -0.25) is 56.6 Å². The zero-order valence-electron chi connectivity index (χ0n) is 78.7. The summed E-state index contributed by atoms with van der Waals surface area (Å²) < 4.78 is 21.7. The Bertz CT molecular complexity index is 7510. The Morgan fingerprint density at radius 2 is 0.338 bits per heavy atom. The number of aromatic nitrogens is 4. The van der Waals surface area contributed by atoms with E-state index in [1.807, 2.05) is 24.3 Å². The van der Waals surface area contributed by atoms with Crippen LogP contribution >= 0.6 is 0 Å². The topological polar surface area (TPSA) is 175 Å². The third kappa shape index (κ3) is 14.1. The smallest absolute Gasteiger partial charge is 0.261 e. The standard InChI is InChI=1S/C116H130N4O10/c1-11-21-31-41-67(42-32-22-12-2)117-109(121)79-57-51-71-73-53-59-81-95-89(115(127)119(111(81)123)69(45-35-25-15-5)46-36-26-16-6)65-85-91-75(83-63-87(113(117)125)93(79)97(71)103(83)105(85)99(73)95)49-55-77-101(91)102-78(108(130-62-40-30-20-10)107(77)129-61-39-29-19-9)56-50-76-84-64-88-94-80(110(122)118(114(88)126)68(43-33-23-13-3)44-34-24-14-4)58-52-72-74-54-60-82-96-90(66-86(92(76)102)106(100(74)96)104(84)98(72)94)116(128)120(112(82)124)70(47-37-27-17-7)48-38-28-18-8/h49-60,63-70H,11-48,61-62H2,1-10H3. The van der Waals surface area contributed by atoms with Gasteiger partial charge in [0.05, 0.1) is 13.2 Å². The highest BCUT2D eigenvalue weighted by atomic mass is 16.5. The second kappa shape index (κ2) is 37.1. The quantitative estimate of drug-likeness (QED) is 0.0203. The van der Waals surface area contributed by atoms with E-state index in [4.69, 9.17) is 9.47 Å². The molecule has 130 heavy (non-hydrogen) atoms. The zero-order valence-corrected chi connectivity index (χ0v) is 78.7. The van der Waals surface area contributed by atoms with Crippen molar-refractivity contribution < 1.29 is 9.47 Å². The molecule has 0 spiro atoms. The molecule has 19 rings (SSSR count). The predicted molar refractivity (Wildman–Crippen MR) is 552 cm³/mol. The lowest BCUT2D eigenvalue weighted by atomic mass is 9.78. The van der Waals surface area contributed by atoms with E-state index in [0.29, 0.717) is 141 Å². The number of hydrogen-bond acceptors (Lipinski definition) is 10. The summed E-state index contributed by atoms with van der Waals surface area (Å²) in [5.74, 6) is 1.13. The minimum atomic E-state index is -0.364. The number of unbranched alkanes of at least 4 members (excludes halogenated alkanes) is 20. The van der Waals surface area contributed by atoms with Gasteiger partial charge < -0.3 is 9.47 Å². The molecule has 0 bridgehead atoms. The van der Waals surface area contributed by atoms with Crippen molar-refractivity contribution in [3.8, 4) is 11.5 Å². The lowest BCUT2D eigenvalue weighted by Gasteiger charge is -2.27. The minimum Gasteiger partial charge on any atom is -0.489 e. The average molecular weight is 1740 g/mol. The van der Waals surface area contributed by atoms with E-state index in [1.54, 1.807) is 18.3 Å². The maximum Gasteiger partial charge on any atom is 0.261 e. The maximum absolute atomic E-state index is 17.0. The maximum atomic E-state index is 17.0. The second-order valence-corrected chi connectivity index (χ2v) is 39.1. The van der Waals surface area contributed by atoms with Gasteiger partial charge in [0, 0.05) is 110 Å². The Hall–Kier alpha value is -10.9. The van der Waals surface area contributed by atoms with Crippen molar-refractivity contribution in [2.75, 3.05) is 13.2 Å². The van der Waals surface area contributed by atoms with Crippen molar-refractivity contribution in [2.24, 2.45) is 0 Å². The van der Waals surface area contributed by atoms with E-state index in [2.05, 4.69) is 142 Å². The summed E-state index contributed by atoms with van der Waals surface area (Å²) in [5.41, 5.74) is -2.47. The normalized spacial score (nSPS) is 12.9. The number of benzene rings is 15. The first kappa shape index (κ1) is 88.4. The van der Waals surface area contributed by atoms with Crippen LogP contribution in [0.1, 0.15) is 337 Å². The van der Waals surface area contributed by atoms with Gasteiger partial charge in [0.25, 0.3) is 44.5 Å². The van der Waals surface area contributed by atoms with E-state index in [-0.39, 0.29) is 68.6 Å². The summed E-state index contributed by atoms with van der Waals surface area (Å²) in [7, 11) is 0. The van der Waals surface area contributed by atoms with Crippen LogP contribution in [0.5, 0.6) is 11.5 Å². The molecule has 14 nitrogen and oxygen atoms in total. The molecule has 0 amide bonds. The van der Waals surface area contributed by atoms with Crippen molar-refractivity contribution in [3.63, 3.8) is 0 Å². The van der Waals surface area contributed by atoms with Gasteiger partial charge in [0.1, 0.15) is 0 Å². The van der Waals surface area contributed by atoms with Crippen LogP contribution in [0.3, 0.4) is 0 Å². The Kier molecular flexibility index (Phi) is 25.2. The first-order chi connectivity index (χ1) is 63.6. The van der Waals surface area contributed by atoms with E-state index in [0.717, 1.165) is 322 Å². The van der Waals surface area contributed by atoms with Gasteiger partial charge in [-0.25, -0.2) is 0 Å². The van der Waals surface area contributed by atoms with Crippen LogP contribution in [0, 0.1) is 0 Å². The van der Waals surface area contributed by atoms with E-state index >= 15 is 38.4 Å². The summed E-state index contributed by atoms with van der Waals surface area (Å²) in [6.07, 6.45) is 33.3. The summed E-state index contributed by atoms with van der Waals surface area (Å²) >= 11 is 0. The molecule has 0 saturated carbocycles. The van der Waals surface area contributed by atoms with Gasteiger partial charge in [-0.2, -0.15) is 0 Å². The van der Waals surface area contributed by atoms with Gasteiger partial charge in [-0.1, -0.05) is 285 Å². The fourth-order valence-electron chi connectivity index (χ4n) is 24.5. The summed E-state index contributed by atoms with van der Waals surface area (Å²) in [6, 6.07) is 31.8. The van der Waals surface area contributed by atoms with E-state index < -0.39 is 0 Å². The molecule has 0 N–H and O–H groups in total. The van der Waals surface area contributed by atoms with Crippen LogP contribution in [-0.2, 0) is 0 Å². The zero-order chi connectivity index (χ0) is 90.2. The van der Waals surface area contributed by atoms with Crippen LogP contribution in [0.2, 0.25) is 0 Å². The minimum absolute atomic E-state index is 0.288. The molecule has 0 aliphatic carbocycles. The number of pyridine rings is 4. The lowest BCUT2D eigenvalue weighted by molar-refractivity contribution is 0.265. The molecule has 0 atom stereocenters. The third-order valence-electron chi connectivity index (χ3n) is 30.9. The molecule has 0 aliphatic heterocycles. The molecule has 14 heteroatoms. The molecular weight excluding hydrogens is 1610 g/mol. The van der Waals surface area contributed by atoms with Crippen LogP contribution < -0.4 is 53.9 Å². The monoisotopic (exact) mass is 1740 g/mol. The highest BCUT2D eigenvalue weighted by Gasteiger charge is 2.36. The first-order valence-electron chi connectivity index (χ1n) is 51.1. The fourth-order valence-corrected chi connectivity index (χ4v) is 24.5. The Morgan fingerprint density at radius 1 is 0.177 bits per heavy atom. The highest BCUT2D eigenvalue weighted by molar-refractivity contribution is 6.55. The van der Waals surface area contributed by atoms with Gasteiger partial charge >= 0.3 is 0 Å². The average Bonchev–Trinajstić information content (AvgIpc) is 0.662. The summed E-state index contributed by atoms with van der Waals surface area (Å²) in [5, 5.41) is 25.0. The first-order valence-corrected chi connectivity index (χ1v) is 51.1. The van der Waals surface area contributed by atoms with Crippen LogP contribution in [0.25, 0.3) is 194 Å². The van der Waals surface area contributed by atoms with Crippen molar-refractivity contribution in [1.29, 1.82) is 0 Å². The molecule has 19 aromatic rings. The molecular formula is C116H130N4O10. The van der Waals surface area contributed by atoms with Gasteiger partial charge in [-0.15, -0.1) is 0 Å². The number of hydrogen-bond donors (Lipinski definition) is 0. The Labute approximate surface area is 759 Å². The molecule has 0 radical (unpaired) electrons. The molecule has 674 valence electrons. The fraction of sp³-hybridized carbons (Fsp3) is 0.466. The van der Waals surface area contributed by atoms with Crippen molar-refractivity contribution >= 4 is 194 Å². The molecule has 0 unspecified atom stereocenters. The van der Waals surface area contributed by atoms with Gasteiger partial charge in [-0.05, 0) is 233 Å². The largest absolute Gasteiger partial charge is 0.489 e. The van der Waals surface area contributed by atoms with Gasteiger partial charge in [0.15, 0.2) is 11.5 Å². The summed E-state index contributed by atoms with van der Waals surface area (Å²) in [4.78, 5) is 132. The van der Waals surface area contributed by atoms with Crippen molar-refractivity contribution in [2.45, 2.75) is 337 Å². The molecule has 0 fully saturated rings. The SMILES string of the molecule is CCCCCOc1c(OCCCCC)c2ccc3c4cc5c(=O)n(C(CCCCC)CCCCC)c(=O)c6ccc7c8ccc9c(=O)n(C(CCCCC)CCCCC)c(=O)c%10cc(c3c2c2c1ccc1c3cc%11c(=O)n(C(CCCCC)CCCCC)c(=O)c%12ccc%13c%14ccc%15c(=O)n(C(CCCCC)CCCCC)c(=O)c%16cc(c12)c(c%14c%15%16)c3c%13c%12%11)c(c8c9%10)c4c7c65. The molecule has 4 heterocycles. The number of fused-ring (bicyclic) bond motifs is 13. The third-order valence-corrected chi connectivity index (χ3v) is 30.9. The Balaban J connectivity index is 1.09. The van der Waals surface area contributed by atoms with Crippen molar-refractivity contribution in [3.05, 3.63) is 180 Å². The molecule has 0 aliphatic rings. The van der Waals surface area contributed by atoms with E-state index in [9.17, 15) is 0 Å². The molecule has 15 aromatic carbocycles. The molecule has 4 aromatic heterocycles. The van der Waals surface area contributed by atoms with Crippen LogP contribution in [-0.4, -0.2) is 31.5 Å². The molecule has 0 saturated heterocycles.